The van der Waals surface area contributed by atoms with Crippen LogP contribution in [0, 0.1) is 11.3 Å². The monoisotopic (exact) mass is 271 g/mol. The molecule has 0 heterocycles. The van der Waals surface area contributed by atoms with E-state index in [0.29, 0.717) is 17.2 Å². The van der Waals surface area contributed by atoms with Crippen LogP contribution in [0.4, 0.5) is 0 Å². The van der Waals surface area contributed by atoms with Gasteiger partial charge in [-0.1, -0.05) is 48.0 Å². The average Bonchev–Trinajstić information content (AvgIpc) is 2.46. The van der Waals surface area contributed by atoms with E-state index in [1.165, 1.54) is 0 Å². The standard InChI is InChI=1S/C16H14ClNO/c1-19-16-8-7-12(10-15(16)17)9-14(11-18)13-5-3-2-4-6-13/h2-8,10,14H,9H2,1H3. The molecule has 0 bridgehead atoms. The van der Waals surface area contributed by atoms with Gasteiger partial charge in [-0.25, -0.2) is 0 Å². The number of halogens is 1. The maximum atomic E-state index is 9.30. The van der Waals surface area contributed by atoms with Gasteiger partial charge < -0.3 is 4.74 Å². The van der Waals surface area contributed by atoms with E-state index in [1.807, 2.05) is 48.5 Å². The second-order valence-corrected chi connectivity index (χ2v) is 4.67. The summed E-state index contributed by atoms with van der Waals surface area (Å²) < 4.78 is 5.12. The maximum absolute atomic E-state index is 9.30. The van der Waals surface area contributed by atoms with Crippen LogP contribution in [-0.4, -0.2) is 7.11 Å². The van der Waals surface area contributed by atoms with E-state index in [4.69, 9.17) is 16.3 Å². The van der Waals surface area contributed by atoms with Crippen LogP contribution in [0.5, 0.6) is 5.75 Å². The van der Waals surface area contributed by atoms with E-state index in [1.54, 1.807) is 7.11 Å². The Kier molecular flexibility index (Phi) is 4.43. The van der Waals surface area contributed by atoms with Gasteiger partial charge in [0.05, 0.1) is 24.1 Å². The number of ether oxygens (including phenoxy) is 1. The van der Waals surface area contributed by atoms with Crippen molar-refractivity contribution in [2.24, 2.45) is 0 Å². The van der Waals surface area contributed by atoms with Crippen LogP contribution in [0.2, 0.25) is 5.02 Å². The van der Waals surface area contributed by atoms with Crippen molar-refractivity contribution in [3.05, 3.63) is 64.7 Å². The predicted molar refractivity (Wildman–Crippen MR) is 76.5 cm³/mol. The Labute approximate surface area is 118 Å². The zero-order valence-corrected chi connectivity index (χ0v) is 11.4. The minimum Gasteiger partial charge on any atom is -0.495 e. The van der Waals surface area contributed by atoms with E-state index in [0.717, 1.165) is 11.1 Å². The van der Waals surface area contributed by atoms with E-state index in [9.17, 15) is 5.26 Å². The van der Waals surface area contributed by atoms with Crippen LogP contribution in [-0.2, 0) is 6.42 Å². The molecule has 1 atom stereocenters. The second-order valence-electron chi connectivity index (χ2n) is 4.27. The zero-order chi connectivity index (χ0) is 13.7. The van der Waals surface area contributed by atoms with E-state index < -0.39 is 0 Å². The van der Waals surface area contributed by atoms with Crippen LogP contribution >= 0.6 is 11.6 Å². The Morgan fingerprint density at radius 3 is 2.53 bits per heavy atom. The molecule has 0 aliphatic heterocycles. The van der Waals surface area contributed by atoms with Gasteiger partial charge in [0.15, 0.2) is 0 Å². The molecule has 0 fully saturated rings. The first-order valence-electron chi connectivity index (χ1n) is 6.01. The Morgan fingerprint density at radius 1 is 1.21 bits per heavy atom. The van der Waals surface area contributed by atoms with Crippen LogP contribution < -0.4 is 4.74 Å². The molecule has 2 aromatic rings. The number of methoxy groups -OCH3 is 1. The van der Waals surface area contributed by atoms with Crippen LogP contribution in [0.1, 0.15) is 17.0 Å². The number of hydrogen-bond donors (Lipinski definition) is 0. The molecule has 19 heavy (non-hydrogen) atoms. The quantitative estimate of drug-likeness (QED) is 0.835. The van der Waals surface area contributed by atoms with Crippen LogP contribution in [0.25, 0.3) is 0 Å². The summed E-state index contributed by atoms with van der Waals surface area (Å²) in [5.41, 5.74) is 2.05. The maximum Gasteiger partial charge on any atom is 0.137 e. The Morgan fingerprint density at radius 2 is 1.95 bits per heavy atom. The molecule has 2 rings (SSSR count). The molecular formula is C16H14ClNO. The Hall–Kier alpha value is -1.98. The molecule has 1 unspecified atom stereocenters. The van der Waals surface area contributed by atoms with E-state index >= 15 is 0 Å². The highest BCUT2D eigenvalue weighted by molar-refractivity contribution is 6.32. The molecule has 0 radical (unpaired) electrons. The SMILES string of the molecule is COc1ccc(CC(C#N)c2ccccc2)cc1Cl. The Bertz CT molecular complexity index is 589. The minimum absolute atomic E-state index is 0.161. The molecule has 0 N–H and O–H groups in total. The van der Waals surface area contributed by atoms with Crippen molar-refractivity contribution in [2.75, 3.05) is 7.11 Å². The minimum atomic E-state index is -0.161. The molecule has 0 aliphatic carbocycles. The van der Waals surface area contributed by atoms with Crippen LogP contribution in [0.3, 0.4) is 0 Å². The van der Waals surface area contributed by atoms with Gasteiger partial charge in [-0.2, -0.15) is 5.26 Å². The lowest BCUT2D eigenvalue weighted by Gasteiger charge is -2.11. The van der Waals surface area contributed by atoms with E-state index in [-0.39, 0.29) is 5.92 Å². The topological polar surface area (TPSA) is 33.0 Å². The van der Waals surface area contributed by atoms with Crippen molar-refractivity contribution >= 4 is 11.6 Å². The largest absolute Gasteiger partial charge is 0.495 e. The lowest BCUT2D eigenvalue weighted by molar-refractivity contribution is 0.415. The van der Waals surface area contributed by atoms with Gasteiger partial charge in [0.2, 0.25) is 0 Å². The summed E-state index contributed by atoms with van der Waals surface area (Å²) in [4.78, 5) is 0. The third-order valence-electron chi connectivity index (χ3n) is 3.01. The molecule has 0 amide bonds. The molecular weight excluding hydrogens is 258 g/mol. The summed E-state index contributed by atoms with van der Waals surface area (Å²) in [6.45, 7) is 0. The predicted octanol–water partition coefficient (Wildman–Crippen LogP) is 4.20. The summed E-state index contributed by atoms with van der Waals surface area (Å²) in [7, 11) is 1.59. The molecule has 3 heteroatoms. The summed E-state index contributed by atoms with van der Waals surface area (Å²) in [6.07, 6.45) is 0.643. The molecule has 2 nitrogen and oxygen atoms in total. The van der Waals surface area contributed by atoms with Crippen molar-refractivity contribution in [2.45, 2.75) is 12.3 Å². The molecule has 0 saturated carbocycles. The molecule has 2 aromatic carbocycles. The van der Waals surface area contributed by atoms with Crippen molar-refractivity contribution in [3.8, 4) is 11.8 Å². The van der Waals surface area contributed by atoms with E-state index in [2.05, 4.69) is 6.07 Å². The second kappa shape index (κ2) is 6.26. The number of nitrogens with zero attached hydrogens (tertiary/aromatic N) is 1. The fourth-order valence-electron chi connectivity index (χ4n) is 2.00. The lowest BCUT2D eigenvalue weighted by atomic mass is 9.93. The fraction of sp³-hybridized carbons (Fsp3) is 0.188. The van der Waals surface area contributed by atoms with Gasteiger partial charge in [0.1, 0.15) is 5.75 Å². The lowest BCUT2D eigenvalue weighted by Crippen LogP contribution is -2.00. The fourth-order valence-corrected chi connectivity index (χ4v) is 2.28. The third kappa shape index (κ3) is 3.27. The van der Waals surface area contributed by atoms with Crippen molar-refractivity contribution in [1.82, 2.24) is 0 Å². The summed E-state index contributed by atoms with van der Waals surface area (Å²) in [6, 6.07) is 17.7. The van der Waals surface area contributed by atoms with Crippen molar-refractivity contribution in [1.29, 1.82) is 5.26 Å². The smallest absolute Gasteiger partial charge is 0.137 e. The summed E-state index contributed by atoms with van der Waals surface area (Å²) >= 11 is 6.09. The van der Waals surface area contributed by atoms with Crippen molar-refractivity contribution in [3.63, 3.8) is 0 Å². The Balaban J connectivity index is 2.20. The first-order valence-corrected chi connectivity index (χ1v) is 6.39. The molecule has 0 aliphatic rings. The average molecular weight is 272 g/mol. The third-order valence-corrected chi connectivity index (χ3v) is 3.31. The highest BCUT2D eigenvalue weighted by Crippen LogP contribution is 2.27. The molecule has 0 saturated heterocycles. The van der Waals surface area contributed by atoms with Gasteiger partial charge in [0.25, 0.3) is 0 Å². The normalized spacial score (nSPS) is 11.6. The highest BCUT2D eigenvalue weighted by Gasteiger charge is 2.12. The zero-order valence-electron chi connectivity index (χ0n) is 10.6. The van der Waals surface area contributed by atoms with Gasteiger partial charge in [-0.3, -0.25) is 0 Å². The van der Waals surface area contributed by atoms with Crippen molar-refractivity contribution < 1.29 is 4.74 Å². The molecule has 0 spiro atoms. The number of nitriles is 1. The number of hydrogen-bond acceptors (Lipinski definition) is 2. The van der Waals surface area contributed by atoms with Gasteiger partial charge >= 0.3 is 0 Å². The highest BCUT2D eigenvalue weighted by atomic mass is 35.5. The number of benzene rings is 2. The van der Waals surface area contributed by atoms with Gasteiger partial charge in [-0.15, -0.1) is 0 Å². The molecule has 96 valence electrons. The molecule has 0 aromatic heterocycles. The van der Waals surface area contributed by atoms with Gasteiger partial charge in [0, 0.05) is 0 Å². The number of rotatable bonds is 4. The first-order chi connectivity index (χ1) is 9.24. The first kappa shape index (κ1) is 13.5. The van der Waals surface area contributed by atoms with Gasteiger partial charge in [-0.05, 0) is 29.7 Å². The van der Waals surface area contributed by atoms with Crippen LogP contribution in [0.15, 0.2) is 48.5 Å². The summed E-state index contributed by atoms with van der Waals surface area (Å²) in [5.74, 6) is 0.490. The summed E-state index contributed by atoms with van der Waals surface area (Å²) in [5, 5.41) is 9.88.